The minimum atomic E-state index is 0.0477. The van der Waals surface area contributed by atoms with Gasteiger partial charge in [-0.1, -0.05) is 31.4 Å². The van der Waals surface area contributed by atoms with E-state index >= 15 is 0 Å². The molecule has 0 bridgehead atoms. The molecule has 0 radical (unpaired) electrons. The van der Waals surface area contributed by atoms with Gasteiger partial charge in [-0.2, -0.15) is 0 Å². The Labute approximate surface area is 88.5 Å². The van der Waals surface area contributed by atoms with E-state index in [4.69, 9.17) is 4.74 Å². The molecular formula is C13H22O. The Morgan fingerprint density at radius 1 is 1.43 bits per heavy atom. The van der Waals surface area contributed by atoms with E-state index in [2.05, 4.69) is 38.7 Å². The molecule has 80 valence electrons. The van der Waals surface area contributed by atoms with E-state index in [1.54, 1.807) is 7.11 Å². The summed E-state index contributed by atoms with van der Waals surface area (Å²) in [5.41, 5.74) is 1.41. The molecule has 0 aliphatic rings. The molecular weight excluding hydrogens is 172 g/mol. The van der Waals surface area contributed by atoms with E-state index in [1.807, 2.05) is 6.92 Å². The molecule has 0 saturated heterocycles. The lowest BCUT2D eigenvalue weighted by molar-refractivity contribution is 0.112. The lowest BCUT2D eigenvalue weighted by Gasteiger charge is -2.17. The monoisotopic (exact) mass is 194 g/mol. The first-order chi connectivity index (χ1) is 6.69. The number of rotatable bonds is 5. The van der Waals surface area contributed by atoms with Gasteiger partial charge in [0.1, 0.15) is 6.10 Å². The smallest absolute Gasteiger partial charge is 0.124 e. The molecule has 0 spiro atoms. The first-order valence-electron chi connectivity index (χ1n) is 5.31. The normalized spacial score (nSPS) is 15.6. The van der Waals surface area contributed by atoms with Gasteiger partial charge in [0.2, 0.25) is 0 Å². The molecule has 0 aromatic carbocycles. The van der Waals surface area contributed by atoms with Crippen molar-refractivity contribution in [1.29, 1.82) is 0 Å². The molecule has 1 nitrogen and oxygen atoms in total. The summed E-state index contributed by atoms with van der Waals surface area (Å²) in [5, 5.41) is 0. The maximum atomic E-state index is 5.37. The highest BCUT2D eigenvalue weighted by Gasteiger charge is 2.14. The largest absolute Gasteiger partial charge is 0.368 e. The van der Waals surface area contributed by atoms with Crippen LogP contribution in [0.15, 0.2) is 11.6 Å². The molecule has 1 heteroatoms. The Hall–Kier alpha value is -0.740. The second-order valence-electron chi connectivity index (χ2n) is 3.49. The molecule has 2 atom stereocenters. The van der Waals surface area contributed by atoms with Gasteiger partial charge < -0.3 is 4.74 Å². The summed E-state index contributed by atoms with van der Waals surface area (Å²) >= 11 is 0. The molecule has 0 N–H and O–H groups in total. The molecule has 0 aromatic heterocycles. The minimum Gasteiger partial charge on any atom is -0.368 e. The Morgan fingerprint density at radius 3 is 2.43 bits per heavy atom. The topological polar surface area (TPSA) is 9.23 Å². The van der Waals surface area contributed by atoms with E-state index in [0.717, 1.165) is 12.8 Å². The van der Waals surface area contributed by atoms with Crippen LogP contribution >= 0.6 is 0 Å². The van der Waals surface area contributed by atoms with Crippen molar-refractivity contribution >= 4 is 0 Å². The molecule has 0 fully saturated rings. The molecule has 0 aliphatic carbocycles. The van der Waals surface area contributed by atoms with Gasteiger partial charge in [-0.3, -0.25) is 0 Å². The summed E-state index contributed by atoms with van der Waals surface area (Å²) in [5.74, 6) is 6.44. The van der Waals surface area contributed by atoms with Crippen molar-refractivity contribution in [2.24, 2.45) is 5.92 Å². The molecule has 0 unspecified atom stereocenters. The van der Waals surface area contributed by atoms with Gasteiger partial charge in [0.05, 0.1) is 0 Å². The summed E-state index contributed by atoms with van der Waals surface area (Å²) in [7, 11) is 1.73. The predicted molar refractivity (Wildman–Crippen MR) is 62.1 cm³/mol. The van der Waals surface area contributed by atoms with E-state index in [9.17, 15) is 0 Å². The van der Waals surface area contributed by atoms with Gasteiger partial charge in [-0.15, -0.1) is 5.92 Å². The van der Waals surface area contributed by atoms with Crippen LogP contribution < -0.4 is 0 Å². The van der Waals surface area contributed by atoms with Crippen molar-refractivity contribution in [3.63, 3.8) is 0 Å². The third-order valence-corrected chi connectivity index (χ3v) is 2.46. The Morgan fingerprint density at radius 2 is 2.07 bits per heavy atom. The average molecular weight is 194 g/mol. The second-order valence-corrected chi connectivity index (χ2v) is 3.49. The summed E-state index contributed by atoms with van der Waals surface area (Å²) in [6, 6.07) is 0. The van der Waals surface area contributed by atoms with Gasteiger partial charge in [-0.05, 0) is 26.7 Å². The number of ether oxygens (including phenoxy) is 1. The van der Waals surface area contributed by atoms with Crippen molar-refractivity contribution < 1.29 is 4.74 Å². The maximum absolute atomic E-state index is 5.37. The SMILES string of the molecule is CC#C[C@@H](OC)[C@@H](/C=C(/C)CC)CC. The second kappa shape index (κ2) is 7.64. The molecule has 0 amide bonds. The highest BCUT2D eigenvalue weighted by molar-refractivity contribution is 5.11. The lowest BCUT2D eigenvalue weighted by atomic mass is 9.96. The highest BCUT2D eigenvalue weighted by Crippen LogP contribution is 2.16. The van der Waals surface area contributed by atoms with Crippen LogP contribution in [0, 0.1) is 17.8 Å². The van der Waals surface area contributed by atoms with Crippen LogP contribution in [0.25, 0.3) is 0 Å². The first-order valence-corrected chi connectivity index (χ1v) is 5.31. The number of hydrogen-bond donors (Lipinski definition) is 0. The van der Waals surface area contributed by atoms with Crippen molar-refractivity contribution in [3.8, 4) is 11.8 Å². The standard InChI is InChI=1S/C13H22O/c1-6-9-13(14-5)12(8-3)10-11(4)7-2/h10,12-13H,7-8H2,1-5H3/b11-10-/t12-,13-/m1/s1. The summed E-state index contributed by atoms with van der Waals surface area (Å²) in [6.45, 7) is 8.36. The van der Waals surface area contributed by atoms with Crippen LogP contribution in [0.4, 0.5) is 0 Å². The van der Waals surface area contributed by atoms with E-state index in [0.29, 0.717) is 5.92 Å². The molecule has 0 aromatic rings. The van der Waals surface area contributed by atoms with Crippen molar-refractivity contribution in [2.45, 2.75) is 46.6 Å². The molecule has 0 rings (SSSR count). The molecule has 0 saturated carbocycles. The fourth-order valence-electron chi connectivity index (χ4n) is 1.39. The zero-order valence-corrected chi connectivity index (χ0v) is 10.1. The highest BCUT2D eigenvalue weighted by atomic mass is 16.5. The van der Waals surface area contributed by atoms with Crippen LogP contribution in [0.1, 0.15) is 40.5 Å². The third kappa shape index (κ3) is 4.48. The van der Waals surface area contributed by atoms with Crippen LogP contribution in [-0.2, 0) is 4.74 Å². The Kier molecular flexibility index (Phi) is 7.24. The summed E-state index contributed by atoms with van der Waals surface area (Å²) in [6.07, 6.45) is 4.52. The number of hydrogen-bond acceptors (Lipinski definition) is 1. The Bertz CT molecular complexity index is 229. The predicted octanol–water partition coefficient (Wildman–Crippen LogP) is 3.41. The third-order valence-electron chi connectivity index (χ3n) is 2.46. The lowest BCUT2D eigenvalue weighted by Crippen LogP contribution is -2.19. The van der Waals surface area contributed by atoms with E-state index in [-0.39, 0.29) is 6.10 Å². The van der Waals surface area contributed by atoms with Crippen molar-refractivity contribution in [2.75, 3.05) is 7.11 Å². The summed E-state index contributed by atoms with van der Waals surface area (Å²) in [4.78, 5) is 0. The molecule has 0 aliphatic heterocycles. The quantitative estimate of drug-likeness (QED) is 0.481. The zero-order chi connectivity index (χ0) is 11.0. The van der Waals surface area contributed by atoms with Gasteiger partial charge >= 0.3 is 0 Å². The van der Waals surface area contributed by atoms with Gasteiger partial charge in [0, 0.05) is 13.0 Å². The minimum absolute atomic E-state index is 0.0477. The maximum Gasteiger partial charge on any atom is 0.124 e. The zero-order valence-electron chi connectivity index (χ0n) is 10.1. The number of allylic oxidation sites excluding steroid dienone is 1. The first kappa shape index (κ1) is 13.3. The van der Waals surface area contributed by atoms with Crippen molar-refractivity contribution in [1.82, 2.24) is 0 Å². The summed E-state index contributed by atoms with van der Waals surface area (Å²) < 4.78 is 5.37. The van der Waals surface area contributed by atoms with Crippen molar-refractivity contribution in [3.05, 3.63) is 11.6 Å². The van der Waals surface area contributed by atoms with Gasteiger partial charge in [0.15, 0.2) is 0 Å². The van der Waals surface area contributed by atoms with Gasteiger partial charge in [0.25, 0.3) is 0 Å². The van der Waals surface area contributed by atoms with Crippen LogP contribution in [0.5, 0.6) is 0 Å². The fourth-order valence-corrected chi connectivity index (χ4v) is 1.39. The molecule has 0 heterocycles. The molecule has 14 heavy (non-hydrogen) atoms. The van der Waals surface area contributed by atoms with Gasteiger partial charge in [-0.25, -0.2) is 0 Å². The Balaban J connectivity index is 4.57. The van der Waals surface area contributed by atoms with E-state index in [1.165, 1.54) is 5.57 Å². The number of methoxy groups -OCH3 is 1. The van der Waals surface area contributed by atoms with Crippen LogP contribution in [0.2, 0.25) is 0 Å². The average Bonchev–Trinajstić information content (AvgIpc) is 2.22. The van der Waals surface area contributed by atoms with Crippen LogP contribution in [-0.4, -0.2) is 13.2 Å². The van der Waals surface area contributed by atoms with E-state index < -0.39 is 0 Å². The van der Waals surface area contributed by atoms with Crippen LogP contribution in [0.3, 0.4) is 0 Å². The fraction of sp³-hybridized carbons (Fsp3) is 0.692.